The number of benzene rings is 1. The lowest BCUT2D eigenvalue weighted by Crippen LogP contribution is -2.44. The zero-order valence-electron chi connectivity index (χ0n) is 11.2. The lowest BCUT2D eigenvalue weighted by Gasteiger charge is -2.27. The SMILES string of the molecule is Cc1cccc(I)c1C(=O)NC(C)(C)CCS(=O)[O-]. The smallest absolute Gasteiger partial charge is 0.253 e. The van der Waals surface area contributed by atoms with E-state index in [0.717, 1.165) is 9.13 Å². The molecule has 0 spiro atoms. The van der Waals surface area contributed by atoms with Crippen LogP contribution in [0, 0.1) is 10.5 Å². The predicted molar refractivity (Wildman–Crippen MR) is 83.8 cm³/mol. The molecule has 0 bridgehead atoms. The van der Waals surface area contributed by atoms with Crippen molar-refractivity contribution in [3.05, 3.63) is 32.9 Å². The van der Waals surface area contributed by atoms with Crippen LogP contribution in [0.25, 0.3) is 0 Å². The molecule has 0 aliphatic rings. The van der Waals surface area contributed by atoms with Gasteiger partial charge in [0.1, 0.15) is 0 Å². The van der Waals surface area contributed by atoms with Crippen molar-refractivity contribution < 1.29 is 13.6 Å². The molecule has 0 fully saturated rings. The van der Waals surface area contributed by atoms with Gasteiger partial charge in [-0.15, -0.1) is 0 Å². The molecule has 1 N–H and O–H groups in total. The van der Waals surface area contributed by atoms with Gasteiger partial charge < -0.3 is 9.87 Å². The number of hydrogen-bond donors (Lipinski definition) is 1. The lowest BCUT2D eigenvalue weighted by atomic mass is 10.00. The molecule has 6 heteroatoms. The number of nitrogens with one attached hydrogen (secondary N) is 1. The van der Waals surface area contributed by atoms with Gasteiger partial charge in [0.2, 0.25) is 0 Å². The van der Waals surface area contributed by atoms with Crippen LogP contribution in [0.5, 0.6) is 0 Å². The Labute approximate surface area is 129 Å². The van der Waals surface area contributed by atoms with Crippen LogP contribution in [-0.4, -0.2) is 26.0 Å². The number of carbonyl (C=O) groups excluding carboxylic acids is 1. The van der Waals surface area contributed by atoms with E-state index in [2.05, 4.69) is 27.9 Å². The van der Waals surface area contributed by atoms with E-state index in [1.54, 1.807) is 0 Å². The first-order chi connectivity index (χ1) is 8.73. The van der Waals surface area contributed by atoms with Crippen LogP contribution in [0.15, 0.2) is 18.2 Å². The standard InChI is InChI=1S/C13H18INO3S/c1-9-5-4-6-10(14)11(9)12(16)15-13(2,3)7-8-19(17)18/h4-6H,7-8H2,1-3H3,(H,15,16)(H,17,18)/p-1. The number of aryl methyl sites for hydroxylation is 1. The van der Waals surface area contributed by atoms with Gasteiger partial charge in [-0.25, -0.2) is 0 Å². The van der Waals surface area contributed by atoms with Crippen LogP contribution in [0.3, 0.4) is 0 Å². The highest BCUT2D eigenvalue weighted by Gasteiger charge is 2.22. The van der Waals surface area contributed by atoms with Crippen molar-refractivity contribution in [2.75, 3.05) is 5.75 Å². The Morgan fingerprint density at radius 2 is 2.11 bits per heavy atom. The molecular weight excluding hydrogens is 377 g/mol. The maximum Gasteiger partial charge on any atom is 0.253 e. The van der Waals surface area contributed by atoms with Gasteiger partial charge in [0.15, 0.2) is 0 Å². The van der Waals surface area contributed by atoms with Gasteiger partial charge in [0, 0.05) is 14.9 Å². The van der Waals surface area contributed by atoms with Crippen LogP contribution in [0.1, 0.15) is 36.2 Å². The van der Waals surface area contributed by atoms with Crippen LogP contribution in [-0.2, 0) is 11.1 Å². The van der Waals surface area contributed by atoms with Gasteiger partial charge in [-0.3, -0.25) is 9.00 Å². The van der Waals surface area contributed by atoms with Crippen LogP contribution in [0.2, 0.25) is 0 Å². The topological polar surface area (TPSA) is 69.2 Å². The Morgan fingerprint density at radius 1 is 1.47 bits per heavy atom. The summed E-state index contributed by atoms with van der Waals surface area (Å²) in [5.41, 5.74) is 1.01. The summed E-state index contributed by atoms with van der Waals surface area (Å²) in [5, 5.41) is 2.89. The zero-order valence-corrected chi connectivity index (χ0v) is 14.1. The Morgan fingerprint density at radius 3 is 2.63 bits per heavy atom. The highest BCUT2D eigenvalue weighted by atomic mass is 127. The maximum absolute atomic E-state index is 12.3. The highest BCUT2D eigenvalue weighted by Crippen LogP contribution is 2.18. The summed E-state index contributed by atoms with van der Waals surface area (Å²) in [7, 11) is 0. The summed E-state index contributed by atoms with van der Waals surface area (Å²) in [6.07, 6.45) is 0.386. The maximum atomic E-state index is 12.3. The molecule has 1 amide bonds. The molecule has 1 rings (SSSR count). The van der Waals surface area contributed by atoms with Crippen molar-refractivity contribution >= 4 is 39.6 Å². The first kappa shape index (κ1) is 16.6. The summed E-state index contributed by atoms with van der Waals surface area (Å²) in [5.74, 6) is -0.123. The van der Waals surface area contributed by atoms with Gasteiger partial charge in [-0.1, -0.05) is 23.2 Å². The fourth-order valence-corrected chi connectivity index (χ4v) is 3.25. The van der Waals surface area contributed by atoms with E-state index in [4.69, 9.17) is 0 Å². The van der Waals surface area contributed by atoms with E-state index in [1.807, 2.05) is 39.0 Å². The minimum Gasteiger partial charge on any atom is -0.772 e. The molecule has 0 saturated carbocycles. The summed E-state index contributed by atoms with van der Waals surface area (Å²) in [6, 6.07) is 5.67. The molecule has 19 heavy (non-hydrogen) atoms. The molecule has 106 valence electrons. The summed E-state index contributed by atoms with van der Waals surface area (Å²) < 4.78 is 22.1. The minimum absolute atomic E-state index is 0.0398. The van der Waals surface area contributed by atoms with Crippen LogP contribution < -0.4 is 5.32 Å². The van der Waals surface area contributed by atoms with Gasteiger partial charge in [-0.2, -0.15) is 0 Å². The third-order valence-electron chi connectivity index (χ3n) is 2.79. The Hall–Kier alpha value is -0.470. The van der Waals surface area contributed by atoms with Crippen molar-refractivity contribution in [2.24, 2.45) is 0 Å². The third-order valence-corrected chi connectivity index (χ3v) is 4.23. The van der Waals surface area contributed by atoms with Gasteiger partial charge >= 0.3 is 0 Å². The van der Waals surface area contributed by atoms with Crippen molar-refractivity contribution in [1.29, 1.82) is 0 Å². The molecule has 0 saturated heterocycles. The third kappa shape index (κ3) is 5.19. The summed E-state index contributed by atoms with van der Waals surface area (Å²) in [6.45, 7) is 5.53. The first-order valence-electron chi connectivity index (χ1n) is 5.86. The molecule has 0 heterocycles. The average molecular weight is 394 g/mol. The second kappa shape index (κ2) is 6.81. The molecule has 0 aliphatic heterocycles. The molecule has 4 nitrogen and oxygen atoms in total. The summed E-state index contributed by atoms with van der Waals surface area (Å²) >= 11 is 0.0424. The van der Waals surface area contributed by atoms with Crippen molar-refractivity contribution in [3.63, 3.8) is 0 Å². The highest BCUT2D eigenvalue weighted by molar-refractivity contribution is 14.1. The Bertz CT molecular complexity index is 482. The van der Waals surface area contributed by atoms with E-state index in [-0.39, 0.29) is 11.7 Å². The monoisotopic (exact) mass is 394 g/mol. The zero-order chi connectivity index (χ0) is 14.6. The Kier molecular flexibility index (Phi) is 5.94. The number of rotatable bonds is 5. The van der Waals surface area contributed by atoms with Crippen molar-refractivity contribution in [3.8, 4) is 0 Å². The van der Waals surface area contributed by atoms with Gasteiger partial charge in [0.25, 0.3) is 5.91 Å². The van der Waals surface area contributed by atoms with E-state index >= 15 is 0 Å². The van der Waals surface area contributed by atoms with E-state index in [1.165, 1.54) is 0 Å². The van der Waals surface area contributed by atoms with E-state index in [0.29, 0.717) is 12.0 Å². The van der Waals surface area contributed by atoms with Crippen molar-refractivity contribution in [1.82, 2.24) is 5.32 Å². The van der Waals surface area contributed by atoms with Crippen LogP contribution in [0.4, 0.5) is 0 Å². The fourth-order valence-electron chi connectivity index (χ4n) is 1.69. The number of halogens is 1. The number of carbonyl (C=O) groups is 1. The van der Waals surface area contributed by atoms with Crippen LogP contribution >= 0.6 is 22.6 Å². The predicted octanol–water partition coefficient (Wildman–Crippen LogP) is 2.38. The summed E-state index contributed by atoms with van der Waals surface area (Å²) in [4.78, 5) is 12.3. The molecule has 0 aliphatic carbocycles. The normalized spacial score (nSPS) is 13.1. The van der Waals surface area contributed by atoms with E-state index in [9.17, 15) is 13.6 Å². The second-order valence-corrected chi connectivity index (χ2v) is 7.21. The second-order valence-electron chi connectivity index (χ2n) is 5.03. The molecule has 0 radical (unpaired) electrons. The number of amides is 1. The molecule has 1 atom stereocenters. The Balaban J connectivity index is 2.82. The molecular formula is C13H17INO3S-. The van der Waals surface area contributed by atoms with E-state index < -0.39 is 16.6 Å². The average Bonchev–Trinajstić information content (AvgIpc) is 2.25. The minimum atomic E-state index is -2.08. The fraction of sp³-hybridized carbons (Fsp3) is 0.462. The van der Waals surface area contributed by atoms with Gasteiger partial charge in [-0.05, 0) is 61.4 Å². The molecule has 1 aromatic rings. The number of hydrogen-bond acceptors (Lipinski definition) is 3. The lowest BCUT2D eigenvalue weighted by molar-refractivity contribution is 0.0910. The first-order valence-corrected chi connectivity index (χ1v) is 8.19. The quantitative estimate of drug-likeness (QED) is 0.616. The molecule has 0 aromatic heterocycles. The molecule has 1 aromatic carbocycles. The largest absolute Gasteiger partial charge is 0.772 e. The van der Waals surface area contributed by atoms with Gasteiger partial charge in [0.05, 0.1) is 5.56 Å². The van der Waals surface area contributed by atoms with Crippen molar-refractivity contribution in [2.45, 2.75) is 32.7 Å². The molecule has 1 unspecified atom stereocenters.